The SMILES string of the molecule is NCCCC[C@H](N)c1c(F)ccc(Br)c1F. The molecule has 0 aliphatic heterocycles. The molecular weight excluding hydrogens is 278 g/mol. The Labute approximate surface area is 102 Å². The quantitative estimate of drug-likeness (QED) is 0.648. The van der Waals surface area contributed by atoms with Gasteiger partial charge in [-0.3, -0.25) is 0 Å². The molecule has 0 radical (unpaired) electrons. The summed E-state index contributed by atoms with van der Waals surface area (Å²) in [5, 5.41) is 0. The average Bonchev–Trinajstić information content (AvgIpc) is 2.24. The fraction of sp³-hybridized carbons (Fsp3) is 0.455. The second kappa shape index (κ2) is 6.27. The van der Waals surface area contributed by atoms with Crippen molar-refractivity contribution in [2.24, 2.45) is 11.5 Å². The standard InChI is InChI=1S/C11H15BrF2N2/c12-7-4-5-8(13)10(11(7)14)9(16)3-1-2-6-15/h4-5,9H,1-3,6,15-16H2/t9-/m0/s1. The summed E-state index contributed by atoms with van der Waals surface area (Å²) >= 11 is 3.01. The van der Waals surface area contributed by atoms with Gasteiger partial charge in [-0.05, 0) is 47.4 Å². The minimum atomic E-state index is -0.621. The number of unbranched alkanes of at least 4 members (excludes halogenated alkanes) is 1. The summed E-state index contributed by atoms with van der Waals surface area (Å²) in [6.45, 7) is 0.566. The zero-order valence-electron chi connectivity index (χ0n) is 8.85. The first-order valence-electron chi connectivity index (χ1n) is 5.17. The van der Waals surface area contributed by atoms with Crippen molar-refractivity contribution in [3.63, 3.8) is 0 Å². The Morgan fingerprint density at radius 1 is 1.25 bits per heavy atom. The Morgan fingerprint density at radius 2 is 1.94 bits per heavy atom. The molecule has 90 valence electrons. The van der Waals surface area contributed by atoms with Gasteiger partial charge in [-0.15, -0.1) is 0 Å². The van der Waals surface area contributed by atoms with Crippen LogP contribution in [0.25, 0.3) is 0 Å². The largest absolute Gasteiger partial charge is 0.330 e. The van der Waals surface area contributed by atoms with Crippen LogP contribution in [0.2, 0.25) is 0 Å². The van der Waals surface area contributed by atoms with Gasteiger partial charge in [0.1, 0.15) is 11.6 Å². The number of benzene rings is 1. The lowest BCUT2D eigenvalue weighted by molar-refractivity contribution is 0.497. The maximum Gasteiger partial charge on any atom is 0.145 e. The highest BCUT2D eigenvalue weighted by Gasteiger charge is 2.18. The van der Waals surface area contributed by atoms with Crippen molar-refractivity contribution in [1.82, 2.24) is 0 Å². The van der Waals surface area contributed by atoms with Crippen LogP contribution in [-0.4, -0.2) is 6.54 Å². The molecule has 0 saturated heterocycles. The van der Waals surface area contributed by atoms with E-state index in [0.29, 0.717) is 13.0 Å². The Bertz CT molecular complexity index is 358. The van der Waals surface area contributed by atoms with Gasteiger partial charge in [-0.25, -0.2) is 8.78 Å². The molecule has 0 spiro atoms. The van der Waals surface area contributed by atoms with Gasteiger partial charge in [0, 0.05) is 11.6 Å². The van der Waals surface area contributed by atoms with Gasteiger partial charge in [0.2, 0.25) is 0 Å². The maximum absolute atomic E-state index is 13.6. The van der Waals surface area contributed by atoms with Gasteiger partial charge in [0.25, 0.3) is 0 Å². The number of rotatable bonds is 5. The molecule has 0 bridgehead atoms. The fourth-order valence-corrected chi connectivity index (χ4v) is 1.88. The number of halogens is 3. The first-order valence-corrected chi connectivity index (χ1v) is 5.96. The monoisotopic (exact) mass is 292 g/mol. The summed E-state index contributed by atoms with van der Waals surface area (Å²) in [6.07, 6.45) is 2.11. The summed E-state index contributed by atoms with van der Waals surface area (Å²) in [4.78, 5) is 0. The van der Waals surface area contributed by atoms with Gasteiger partial charge >= 0.3 is 0 Å². The number of hydrogen-bond acceptors (Lipinski definition) is 2. The van der Waals surface area contributed by atoms with Crippen LogP contribution >= 0.6 is 15.9 Å². The third-order valence-electron chi connectivity index (χ3n) is 2.42. The Morgan fingerprint density at radius 3 is 2.56 bits per heavy atom. The molecule has 4 N–H and O–H groups in total. The highest BCUT2D eigenvalue weighted by atomic mass is 79.9. The minimum absolute atomic E-state index is 0.0496. The van der Waals surface area contributed by atoms with E-state index in [0.717, 1.165) is 12.8 Å². The van der Waals surface area contributed by atoms with Crippen LogP contribution < -0.4 is 11.5 Å². The molecule has 0 amide bonds. The van der Waals surface area contributed by atoms with E-state index >= 15 is 0 Å². The molecule has 0 heterocycles. The van der Waals surface area contributed by atoms with Crippen molar-refractivity contribution < 1.29 is 8.78 Å². The smallest absolute Gasteiger partial charge is 0.145 e. The van der Waals surface area contributed by atoms with E-state index in [1.54, 1.807) is 0 Å². The number of hydrogen-bond donors (Lipinski definition) is 2. The Balaban J connectivity index is 2.81. The third kappa shape index (κ3) is 3.23. The summed E-state index contributed by atoms with van der Waals surface area (Å²) in [5.41, 5.74) is 11.1. The molecule has 0 unspecified atom stereocenters. The predicted molar refractivity (Wildman–Crippen MR) is 63.9 cm³/mol. The Hall–Kier alpha value is -0.520. The molecule has 1 atom stereocenters. The molecule has 16 heavy (non-hydrogen) atoms. The molecule has 0 aliphatic carbocycles. The van der Waals surface area contributed by atoms with Crippen LogP contribution in [0.15, 0.2) is 16.6 Å². The lowest BCUT2D eigenvalue weighted by Crippen LogP contribution is -2.15. The molecule has 0 aromatic heterocycles. The van der Waals surface area contributed by atoms with Crippen molar-refractivity contribution in [2.75, 3.05) is 6.54 Å². The normalized spacial score (nSPS) is 12.8. The molecule has 1 rings (SSSR count). The molecule has 5 heteroatoms. The van der Waals surface area contributed by atoms with Gasteiger partial charge in [-0.2, -0.15) is 0 Å². The summed E-state index contributed by atoms with van der Waals surface area (Å²) < 4.78 is 27.3. The van der Waals surface area contributed by atoms with Gasteiger partial charge in [0.15, 0.2) is 0 Å². The zero-order valence-corrected chi connectivity index (χ0v) is 10.4. The highest BCUT2D eigenvalue weighted by molar-refractivity contribution is 9.10. The summed E-state index contributed by atoms with van der Waals surface area (Å²) in [7, 11) is 0. The molecule has 2 nitrogen and oxygen atoms in total. The fourth-order valence-electron chi connectivity index (χ4n) is 1.54. The van der Waals surface area contributed by atoms with Gasteiger partial charge in [0.05, 0.1) is 4.47 Å². The zero-order chi connectivity index (χ0) is 12.1. The molecule has 1 aromatic carbocycles. The molecule has 0 fully saturated rings. The predicted octanol–water partition coefficient (Wildman–Crippen LogP) is 2.86. The van der Waals surface area contributed by atoms with Crippen molar-refractivity contribution in [2.45, 2.75) is 25.3 Å². The van der Waals surface area contributed by atoms with Crippen LogP contribution in [0.4, 0.5) is 8.78 Å². The number of nitrogens with two attached hydrogens (primary N) is 2. The summed E-state index contributed by atoms with van der Waals surface area (Å²) in [5.74, 6) is -1.21. The van der Waals surface area contributed by atoms with Crippen LogP contribution in [-0.2, 0) is 0 Å². The van der Waals surface area contributed by atoms with E-state index in [1.165, 1.54) is 12.1 Å². The van der Waals surface area contributed by atoms with E-state index in [4.69, 9.17) is 11.5 Å². The van der Waals surface area contributed by atoms with Crippen molar-refractivity contribution in [3.8, 4) is 0 Å². The maximum atomic E-state index is 13.6. The van der Waals surface area contributed by atoms with Crippen LogP contribution in [0.3, 0.4) is 0 Å². The van der Waals surface area contributed by atoms with Gasteiger partial charge < -0.3 is 11.5 Å². The molecular formula is C11H15BrF2N2. The van der Waals surface area contributed by atoms with E-state index in [2.05, 4.69) is 15.9 Å². The van der Waals surface area contributed by atoms with Crippen molar-refractivity contribution >= 4 is 15.9 Å². The Kier molecular flexibility index (Phi) is 5.31. The first kappa shape index (κ1) is 13.5. The first-order chi connectivity index (χ1) is 7.57. The third-order valence-corrected chi connectivity index (χ3v) is 3.03. The molecule has 0 aliphatic rings. The van der Waals surface area contributed by atoms with Crippen LogP contribution in [0, 0.1) is 11.6 Å². The van der Waals surface area contributed by atoms with Gasteiger partial charge in [-0.1, -0.05) is 6.42 Å². The van der Waals surface area contributed by atoms with E-state index in [-0.39, 0.29) is 10.0 Å². The van der Waals surface area contributed by atoms with E-state index < -0.39 is 17.7 Å². The van der Waals surface area contributed by atoms with Crippen molar-refractivity contribution in [3.05, 3.63) is 33.8 Å². The average molecular weight is 293 g/mol. The lowest BCUT2D eigenvalue weighted by Gasteiger charge is -2.14. The van der Waals surface area contributed by atoms with Crippen molar-refractivity contribution in [1.29, 1.82) is 0 Å². The summed E-state index contributed by atoms with van der Waals surface area (Å²) in [6, 6.07) is 1.93. The second-order valence-electron chi connectivity index (χ2n) is 3.65. The molecule has 0 saturated carbocycles. The lowest BCUT2D eigenvalue weighted by atomic mass is 10.0. The van der Waals surface area contributed by atoms with Crippen LogP contribution in [0.5, 0.6) is 0 Å². The van der Waals surface area contributed by atoms with Crippen LogP contribution in [0.1, 0.15) is 30.9 Å². The second-order valence-corrected chi connectivity index (χ2v) is 4.50. The molecule has 1 aromatic rings. The minimum Gasteiger partial charge on any atom is -0.330 e. The highest BCUT2D eigenvalue weighted by Crippen LogP contribution is 2.27. The topological polar surface area (TPSA) is 52.0 Å². The van der Waals surface area contributed by atoms with E-state index in [9.17, 15) is 8.78 Å². The van der Waals surface area contributed by atoms with E-state index in [1.807, 2.05) is 0 Å².